The van der Waals surface area contributed by atoms with E-state index in [1.165, 1.54) is 64.7 Å². The number of nitrogens with one attached hydrogen (secondary N) is 2. The molecular weight excluding hydrogens is 530 g/mol. The Morgan fingerprint density at radius 3 is 2.08 bits per heavy atom. The van der Waals surface area contributed by atoms with E-state index in [4.69, 9.17) is 21.1 Å². The summed E-state index contributed by atoms with van der Waals surface area (Å²) >= 11 is 5.86. The van der Waals surface area contributed by atoms with Crippen LogP contribution in [0.1, 0.15) is 99.9 Å². The smallest absolute Gasteiger partial charge is 0.343 e. The molecule has 0 heterocycles. The summed E-state index contributed by atoms with van der Waals surface area (Å²) in [5, 5.41) is 7.07. The highest BCUT2D eigenvalue weighted by Gasteiger charge is 2.13. The van der Waals surface area contributed by atoms with Crippen LogP contribution < -0.4 is 20.2 Å². The molecule has 0 spiro atoms. The van der Waals surface area contributed by atoms with Gasteiger partial charge in [-0.05, 0) is 54.4 Å². The monoisotopic (exact) mass is 571 g/mol. The Morgan fingerprint density at radius 2 is 1.45 bits per heavy atom. The van der Waals surface area contributed by atoms with E-state index in [9.17, 15) is 14.4 Å². The average Bonchev–Trinajstić information content (AvgIpc) is 2.95. The van der Waals surface area contributed by atoms with Gasteiger partial charge in [-0.15, -0.1) is 0 Å². The third-order valence-corrected chi connectivity index (χ3v) is 6.58. The molecule has 9 heteroatoms. The molecule has 0 bridgehead atoms. The lowest BCUT2D eigenvalue weighted by atomic mass is 10.1. The number of carbonyl (C=O) groups excluding carboxylic acids is 3. The molecule has 2 rings (SSSR count). The van der Waals surface area contributed by atoms with E-state index < -0.39 is 11.9 Å². The zero-order valence-corrected chi connectivity index (χ0v) is 24.4. The SMILES string of the molecule is CCCCCCCCCCCCCC(=O)NCC(=O)N/N=C/c1ccc(OC(=O)c2ccc(Cl)cc2)c(OC)c1. The summed E-state index contributed by atoms with van der Waals surface area (Å²) in [7, 11) is 1.46. The lowest BCUT2D eigenvalue weighted by Crippen LogP contribution is -2.34. The lowest BCUT2D eigenvalue weighted by molar-refractivity contribution is -0.126. The third-order valence-electron chi connectivity index (χ3n) is 6.33. The van der Waals surface area contributed by atoms with Gasteiger partial charge in [0.2, 0.25) is 5.91 Å². The fourth-order valence-corrected chi connectivity index (χ4v) is 4.15. The number of hydrogen-bond donors (Lipinski definition) is 2. The fraction of sp³-hybridized carbons (Fsp3) is 0.484. The van der Waals surface area contributed by atoms with Crippen LogP contribution in [0, 0.1) is 0 Å². The van der Waals surface area contributed by atoms with Crippen molar-refractivity contribution in [2.24, 2.45) is 5.10 Å². The van der Waals surface area contributed by atoms with Crippen molar-refractivity contribution in [1.29, 1.82) is 0 Å². The predicted octanol–water partition coefficient (Wildman–Crippen LogP) is 6.84. The molecule has 0 fully saturated rings. The van der Waals surface area contributed by atoms with Gasteiger partial charge in [0.1, 0.15) is 0 Å². The quantitative estimate of drug-likeness (QED) is 0.0631. The van der Waals surface area contributed by atoms with Crippen LogP contribution in [0.4, 0.5) is 0 Å². The maximum Gasteiger partial charge on any atom is 0.343 e. The number of benzene rings is 2. The molecule has 218 valence electrons. The number of nitrogens with zero attached hydrogens (tertiary/aromatic N) is 1. The molecule has 0 aliphatic carbocycles. The first-order valence-corrected chi connectivity index (χ1v) is 14.5. The third kappa shape index (κ3) is 13.6. The Bertz CT molecular complexity index is 1090. The van der Waals surface area contributed by atoms with E-state index in [2.05, 4.69) is 22.8 Å². The first-order valence-electron chi connectivity index (χ1n) is 14.2. The van der Waals surface area contributed by atoms with E-state index in [0.717, 1.165) is 19.3 Å². The highest BCUT2D eigenvalue weighted by molar-refractivity contribution is 6.30. The van der Waals surface area contributed by atoms with Gasteiger partial charge in [0.25, 0.3) is 5.91 Å². The van der Waals surface area contributed by atoms with Crippen LogP contribution in [0.5, 0.6) is 11.5 Å². The number of hydrazone groups is 1. The van der Waals surface area contributed by atoms with Crippen molar-refractivity contribution in [2.45, 2.75) is 84.0 Å². The first kappa shape index (κ1) is 32.8. The molecule has 0 unspecified atom stereocenters. The molecule has 0 atom stereocenters. The van der Waals surface area contributed by atoms with E-state index in [0.29, 0.717) is 28.3 Å². The lowest BCUT2D eigenvalue weighted by Gasteiger charge is -2.10. The minimum atomic E-state index is -0.547. The Morgan fingerprint density at radius 1 is 0.825 bits per heavy atom. The Balaban J connectivity index is 1.62. The second kappa shape index (κ2) is 19.6. The molecule has 2 aromatic carbocycles. The van der Waals surface area contributed by atoms with Gasteiger partial charge < -0.3 is 14.8 Å². The number of esters is 1. The second-order valence-corrected chi connectivity index (χ2v) is 10.1. The number of rotatable bonds is 19. The van der Waals surface area contributed by atoms with Gasteiger partial charge in [-0.3, -0.25) is 9.59 Å². The van der Waals surface area contributed by atoms with Crippen LogP contribution in [-0.2, 0) is 9.59 Å². The summed E-state index contributed by atoms with van der Waals surface area (Å²) in [5.74, 6) is -0.543. The summed E-state index contributed by atoms with van der Waals surface area (Å²) in [4.78, 5) is 36.4. The highest BCUT2D eigenvalue weighted by Crippen LogP contribution is 2.28. The Labute approximate surface area is 242 Å². The minimum absolute atomic E-state index is 0.136. The first-order chi connectivity index (χ1) is 19.4. The van der Waals surface area contributed by atoms with Crippen molar-refractivity contribution < 1.29 is 23.9 Å². The van der Waals surface area contributed by atoms with Crippen LogP contribution in [0.3, 0.4) is 0 Å². The normalized spacial score (nSPS) is 10.9. The molecule has 0 aliphatic heterocycles. The minimum Gasteiger partial charge on any atom is -0.493 e. The van der Waals surface area contributed by atoms with Crippen molar-refractivity contribution in [3.05, 3.63) is 58.6 Å². The van der Waals surface area contributed by atoms with Crippen molar-refractivity contribution in [2.75, 3.05) is 13.7 Å². The number of halogens is 1. The van der Waals surface area contributed by atoms with Crippen LogP contribution in [-0.4, -0.2) is 37.7 Å². The van der Waals surface area contributed by atoms with Crippen LogP contribution in [0.25, 0.3) is 0 Å². The van der Waals surface area contributed by atoms with E-state index in [1.54, 1.807) is 42.5 Å². The van der Waals surface area contributed by atoms with Crippen LogP contribution in [0.2, 0.25) is 5.02 Å². The summed E-state index contributed by atoms with van der Waals surface area (Å²) in [6.45, 7) is 2.09. The molecule has 2 N–H and O–H groups in total. The Kier molecular flexibility index (Phi) is 16.1. The molecule has 0 aromatic heterocycles. The van der Waals surface area contributed by atoms with Gasteiger partial charge in [-0.2, -0.15) is 5.10 Å². The van der Waals surface area contributed by atoms with Crippen molar-refractivity contribution >= 4 is 35.6 Å². The van der Waals surface area contributed by atoms with E-state index >= 15 is 0 Å². The molecule has 0 saturated carbocycles. The molecule has 0 aliphatic rings. The molecular formula is C31H42ClN3O5. The van der Waals surface area contributed by atoms with E-state index in [-0.39, 0.29) is 18.2 Å². The van der Waals surface area contributed by atoms with Gasteiger partial charge in [0.05, 0.1) is 25.4 Å². The standard InChI is InChI=1S/C31H42ClN3O5/c1-3-4-5-6-7-8-9-10-11-12-13-14-29(36)33-23-30(37)35-34-22-24-15-20-27(28(21-24)39-2)40-31(38)25-16-18-26(32)19-17-25/h15-22H,3-14,23H2,1-2H3,(H,33,36)(H,35,37)/b34-22+. The predicted molar refractivity (Wildman–Crippen MR) is 159 cm³/mol. The fourth-order valence-electron chi connectivity index (χ4n) is 4.03. The van der Waals surface area contributed by atoms with Crippen molar-refractivity contribution in [3.8, 4) is 11.5 Å². The highest BCUT2D eigenvalue weighted by atomic mass is 35.5. The summed E-state index contributed by atoms with van der Waals surface area (Å²) in [6, 6.07) is 11.2. The van der Waals surface area contributed by atoms with Crippen molar-refractivity contribution in [3.63, 3.8) is 0 Å². The maximum absolute atomic E-state index is 12.4. The summed E-state index contributed by atoms with van der Waals surface area (Å²) in [6.07, 6.45) is 15.3. The molecule has 0 saturated heterocycles. The van der Waals surface area contributed by atoms with Gasteiger partial charge >= 0.3 is 5.97 Å². The summed E-state index contributed by atoms with van der Waals surface area (Å²) < 4.78 is 10.7. The number of methoxy groups -OCH3 is 1. The Hall–Kier alpha value is -3.39. The average molecular weight is 572 g/mol. The number of unbranched alkanes of at least 4 members (excludes halogenated alkanes) is 10. The number of ether oxygens (including phenoxy) is 2. The van der Waals surface area contributed by atoms with Crippen molar-refractivity contribution in [1.82, 2.24) is 10.7 Å². The largest absolute Gasteiger partial charge is 0.493 e. The van der Waals surface area contributed by atoms with Gasteiger partial charge in [0.15, 0.2) is 11.5 Å². The molecule has 2 amide bonds. The zero-order valence-electron chi connectivity index (χ0n) is 23.7. The second-order valence-electron chi connectivity index (χ2n) is 9.66. The zero-order chi connectivity index (χ0) is 29.0. The molecule has 8 nitrogen and oxygen atoms in total. The van der Waals surface area contributed by atoms with Gasteiger partial charge in [0, 0.05) is 11.4 Å². The van der Waals surface area contributed by atoms with Crippen LogP contribution >= 0.6 is 11.6 Å². The van der Waals surface area contributed by atoms with Gasteiger partial charge in [-0.25, -0.2) is 10.2 Å². The summed E-state index contributed by atoms with van der Waals surface area (Å²) in [5.41, 5.74) is 3.35. The molecule has 2 aromatic rings. The van der Waals surface area contributed by atoms with E-state index in [1.807, 2.05) is 0 Å². The van der Waals surface area contributed by atoms with Crippen LogP contribution in [0.15, 0.2) is 47.6 Å². The topological polar surface area (TPSA) is 106 Å². The number of carbonyl (C=O) groups is 3. The number of hydrogen-bond acceptors (Lipinski definition) is 6. The molecule has 0 radical (unpaired) electrons. The number of amides is 2. The maximum atomic E-state index is 12.4. The van der Waals surface area contributed by atoms with Gasteiger partial charge in [-0.1, -0.05) is 82.7 Å². The molecule has 40 heavy (non-hydrogen) atoms.